The fraction of sp³-hybridized carbons (Fsp3) is 0.538. The average molecular weight is 235 g/mol. The molecular formula is C13H17NO3. The van der Waals surface area contributed by atoms with Crippen LogP contribution in [0.15, 0.2) is 18.2 Å². The van der Waals surface area contributed by atoms with Crippen LogP contribution in [0.5, 0.6) is 17.2 Å². The van der Waals surface area contributed by atoms with Crippen molar-refractivity contribution in [2.75, 3.05) is 26.3 Å². The van der Waals surface area contributed by atoms with Gasteiger partial charge in [-0.15, -0.1) is 0 Å². The summed E-state index contributed by atoms with van der Waals surface area (Å²) >= 11 is 0. The maximum atomic E-state index is 5.88. The number of fused-ring (bicyclic) bond motifs is 1. The van der Waals surface area contributed by atoms with Crippen LogP contribution in [0.25, 0.3) is 0 Å². The van der Waals surface area contributed by atoms with Gasteiger partial charge in [0.15, 0.2) is 11.5 Å². The van der Waals surface area contributed by atoms with E-state index in [-0.39, 0.29) is 6.10 Å². The van der Waals surface area contributed by atoms with Crippen molar-refractivity contribution >= 4 is 0 Å². The van der Waals surface area contributed by atoms with Crippen LogP contribution in [-0.2, 0) is 0 Å². The first-order valence-corrected chi connectivity index (χ1v) is 6.19. The van der Waals surface area contributed by atoms with Crippen LogP contribution >= 0.6 is 0 Å². The Bertz CT molecular complexity index is 388. The number of rotatable bonds is 2. The van der Waals surface area contributed by atoms with Crippen LogP contribution in [0, 0.1) is 0 Å². The fourth-order valence-electron chi connectivity index (χ4n) is 2.14. The van der Waals surface area contributed by atoms with Crippen LogP contribution in [0.2, 0.25) is 0 Å². The monoisotopic (exact) mass is 235 g/mol. The second-order valence-corrected chi connectivity index (χ2v) is 4.39. The maximum absolute atomic E-state index is 5.88. The molecule has 3 rings (SSSR count). The van der Waals surface area contributed by atoms with Crippen LogP contribution < -0.4 is 19.5 Å². The van der Waals surface area contributed by atoms with E-state index in [1.165, 1.54) is 0 Å². The van der Waals surface area contributed by atoms with Gasteiger partial charge in [-0.1, -0.05) is 0 Å². The largest absolute Gasteiger partial charge is 0.490 e. The molecule has 1 saturated heterocycles. The Hall–Kier alpha value is -1.42. The number of ether oxygens (including phenoxy) is 3. The predicted octanol–water partition coefficient (Wildman–Crippen LogP) is 1.59. The van der Waals surface area contributed by atoms with Gasteiger partial charge in [-0.2, -0.15) is 0 Å². The Balaban J connectivity index is 1.74. The van der Waals surface area contributed by atoms with Crippen molar-refractivity contribution < 1.29 is 14.2 Å². The lowest BCUT2D eigenvalue weighted by Crippen LogP contribution is -2.19. The molecule has 0 radical (unpaired) electrons. The van der Waals surface area contributed by atoms with E-state index in [9.17, 15) is 0 Å². The molecule has 1 N–H and O–H groups in total. The Labute approximate surface area is 101 Å². The maximum Gasteiger partial charge on any atom is 0.164 e. The van der Waals surface area contributed by atoms with Gasteiger partial charge in [0.05, 0.1) is 13.2 Å². The van der Waals surface area contributed by atoms with E-state index in [1.54, 1.807) is 0 Å². The van der Waals surface area contributed by atoms with Gasteiger partial charge in [-0.25, -0.2) is 0 Å². The third-order valence-corrected chi connectivity index (χ3v) is 3.04. The predicted molar refractivity (Wildman–Crippen MR) is 64.0 cm³/mol. The van der Waals surface area contributed by atoms with Crippen molar-refractivity contribution in [2.45, 2.75) is 18.9 Å². The first kappa shape index (κ1) is 10.7. The number of hydrogen-bond donors (Lipinski definition) is 1. The second kappa shape index (κ2) is 4.84. The Morgan fingerprint density at radius 1 is 1.18 bits per heavy atom. The normalized spacial score (nSPS) is 23.2. The molecule has 1 atom stereocenters. The van der Waals surface area contributed by atoms with Gasteiger partial charge >= 0.3 is 0 Å². The molecule has 0 saturated carbocycles. The van der Waals surface area contributed by atoms with Crippen LogP contribution in [0.1, 0.15) is 12.8 Å². The molecule has 0 aliphatic carbocycles. The first-order valence-electron chi connectivity index (χ1n) is 6.19. The highest BCUT2D eigenvalue weighted by Gasteiger charge is 2.17. The minimum absolute atomic E-state index is 0.278. The molecule has 0 amide bonds. The van der Waals surface area contributed by atoms with E-state index in [4.69, 9.17) is 14.2 Å². The molecule has 0 bridgehead atoms. The second-order valence-electron chi connectivity index (χ2n) is 4.39. The molecule has 2 aliphatic rings. The lowest BCUT2D eigenvalue weighted by atomic mass is 10.2. The molecule has 1 fully saturated rings. The van der Waals surface area contributed by atoms with Gasteiger partial charge in [-0.3, -0.25) is 0 Å². The van der Waals surface area contributed by atoms with Gasteiger partial charge in [0.1, 0.15) is 11.9 Å². The minimum Gasteiger partial charge on any atom is -0.490 e. The molecule has 4 heteroatoms. The Kier molecular flexibility index (Phi) is 3.05. The molecule has 2 aliphatic heterocycles. The van der Waals surface area contributed by atoms with E-state index in [0.29, 0.717) is 6.61 Å². The van der Waals surface area contributed by atoms with Gasteiger partial charge in [-0.05, 0) is 25.1 Å². The van der Waals surface area contributed by atoms with Crippen molar-refractivity contribution in [1.29, 1.82) is 0 Å². The lowest BCUT2D eigenvalue weighted by Gasteiger charge is -2.14. The summed E-state index contributed by atoms with van der Waals surface area (Å²) in [5.41, 5.74) is 0. The quantitative estimate of drug-likeness (QED) is 0.845. The van der Waals surface area contributed by atoms with Crippen LogP contribution in [-0.4, -0.2) is 32.4 Å². The fourth-order valence-corrected chi connectivity index (χ4v) is 2.14. The summed E-state index contributed by atoms with van der Waals surface area (Å²) in [7, 11) is 0. The first-order chi connectivity index (χ1) is 8.42. The van der Waals surface area contributed by atoms with Crippen molar-refractivity contribution in [3.8, 4) is 17.2 Å². The number of hydrogen-bond acceptors (Lipinski definition) is 4. The average Bonchev–Trinajstić information content (AvgIpc) is 2.73. The topological polar surface area (TPSA) is 39.7 Å². The van der Waals surface area contributed by atoms with Gasteiger partial charge in [0, 0.05) is 19.0 Å². The van der Waals surface area contributed by atoms with E-state index in [2.05, 4.69) is 5.32 Å². The lowest BCUT2D eigenvalue weighted by molar-refractivity contribution is 0.221. The van der Waals surface area contributed by atoms with E-state index in [1.807, 2.05) is 18.2 Å². The molecule has 1 unspecified atom stereocenters. The molecule has 17 heavy (non-hydrogen) atoms. The van der Waals surface area contributed by atoms with Crippen LogP contribution in [0.3, 0.4) is 0 Å². The highest BCUT2D eigenvalue weighted by molar-refractivity contribution is 5.46. The molecule has 1 aromatic carbocycles. The zero-order chi connectivity index (χ0) is 11.5. The standard InChI is InChI=1S/C13H17NO3/c1-6-15-12-3-2-10(8-13(12)16-7-1)17-11-4-5-14-9-11/h2-3,8,11,14H,1,4-7,9H2. The zero-order valence-electron chi connectivity index (χ0n) is 9.78. The van der Waals surface area contributed by atoms with E-state index < -0.39 is 0 Å². The van der Waals surface area contributed by atoms with Gasteiger partial charge < -0.3 is 19.5 Å². The Morgan fingerprint density at radius 3 is 2.88 bits per heavy atom. The highest BCUT2D eigenvalue weighted by atomic mass is 16.5. The summed E-state index contributed by atoms with van der Waals surface area (Å²) in [5, 5.41) is 3.28. The van der Waals surface area contributed by atoms with E-state index >= 15 is 0 Å². The van der Waals surface area contributed by atoms with Crippen molar-refractivity contribution in [3.63, 3.8) is 0 Å². The number of nitrogens with one attached hydrogen (secondary N) is 1. The summed E-state index contributed by atoms with van der Waals surface area (Å²) in [6.45, 7) is 3.39. The zero-order valence-corrected chi connectivity index (χ0v) is 9.78. The summed E-state index contributed by atoms with van der Waals surface area (Å²) in [6, 6.07) is 5.81. The van der Waals surface area contributed by atoms with E-state index in [0.717, 1.165) is 49.8 Å². The summed E-state index contributed by atoms with van der Waals surface area (Å²) in [5.74, 6) is 2.48. The SMILES string of the molecule is c1cc2c(cc1OC1CCNC1)OCCCO2. The van der Waals surface area contributed by atoms with Gasteiger partial charge in [0.25, 0.3) is 0 Å². The molecule has 0 spiro atoms. The summed E-state index contributed by atoms with van der Waals surface area (Å²) < 4.78 is 17.1. The molecule has 0 aromatic heterocycles. The smallest absolute Gasteiger partial charge is 0.164 e. The van der Waals surface area contributed by atoms with Gasteiger partial charge in [0.2, 0.25) is 0 Å². The van der Waals surface area contributed by atoms with Crippen molar-refractivity contribution in [3.05, 3.63) is 18.2 Å². The highest BCUT2D eigenvalue weighted by Crippen LogP contribution is 2.33. The summed E-state index contributed by atoms with van der Waals surface area (Å²) in [4.78, 5) is 0. The summed E-state index contributed by atoms with van der Waals surface area (Å²) in [6.07, 6.45) is 2.27. The molecule has 4 nitrogen and oxygen atoms in total. The molecule has 1 aromatic rings. The third-order valence-electron chi connectivity index (χ3n) is 3.04. The molecule has 2 heterocycles. The number of benzene rings is 1. The Morgan fingerprint density at radius 2 is 2.06 bits per heavy atom. The van der Waals surface area contributed by atoms with Crippen LogP contribution in [0.4, 0.5) is 0 Å². The van der Waals surface area contributed by atoms with Crippen molar-refractivity contribution in [1.82, 2.24) is 5.32 Å². The van der Waals surface area contributed by atoms with Crippen molar-refractivity contribution in [2.24, 2.45) is 0 Å². The minimum atomic E-state index is 0.278. The third kappa shape index (κ3) is 2.47. The molecule has 92 valence electrons. The molecular weight excluding hydrogens is 218 g/mol.